The third-order valence-corrected chi connectivity index (χ3v) is 5.85. The van der Waals surface area contributed by atoms with Crippen LogP contribution in [0, 0.1) is 0 Å². The summed E-state index contributed by atoms with van der Waals surface area (Å²) in [6.07, 6.45) is -0.201. The fourth-order valence-corrected chi connectivity index (χ4v) is 4.27. The van der Waals surface area contributed by atoms with Crippen LogP contribution in [0.15, 0.2) is 47.4 Å². The molecule has 1 aromatic heterocycles. The molecule has 1 unspecified atom stereocenters. The number of alkyl halides is 2. The molecule has 10 heteroatoms. The molecule has 3 aromatic rings. The molecule has 1 N–H and O–H groups in total. The van der Waals surface area contributed by atoms with E-state index in [1.807, 2.05) is 0 Å². The van der Waals surface area contributed by atoms with Crippen LogP contribution in [0.2, 0.25) is 5.02 Å². The number of nitrogens with zero attached hydrogens (tertiary/aromatic N) is 2. The molecule has 1 atom stereocenters. The highest BCUT2D eigenvalue weighted by molar-refractivity contribution is 8.01. The lowest BCUT2D eigenvalue weighted by atomic mass is 10.2. The molecular formula is C19H14ClF2N3O3S. The molecule has 1 aliphatic heterocycles. The van der Waals surface area contributed by atoms with Gasteiger partial charge in [-0.2, -0.15) is 8.78 Å². The fourth-order valence-electron chi connectivity index (χ4n) is 3.03. The molecule has 0 radical (unpaired) electrons. The van der Waals surface area contributed by atoms with E-state index in [2.05, 4.69) is 10.3 Å². The van der Waals surface area contributed by atoms with Crippen molar-refractivity contribution in [1.29, 1.82) is 0 Å². The van der Waals surface area contributed by atoms with E-state index in [4.69, 9.17) is 16.3 Å². The summed E-state index contributed by atoms with van der Waals surface area (Å²) >= 11 is 7.14. The Hall–Kier alpha value is -2.65. The van der Waals surface area contributed by atoms with Crippen molar-refractivity contribution in [2.24, 2.45) is 0 Å². The molecule has 0 saturated carbocycles. The maximum Gasteiger partial charge on any atom is 0.320 e. The number of amides is 1. The highest BCUT2D eigenvalue weighted by Gasteiger charge is 2.30. The molecule has 1 aliphatic rings. The van der Waals surface area contributed by atoms with Crippen LogP contribution in [-0.4, -0.2) is 26.7 Å². The Morgan fingerprint density at radius 3 is 2.90 bits per heavy atom. The summed E-state index contributed by atoms with van der Waals surface area (Å²) < 4.78 is 32.7. The number of esters is 1. The van der Waals surface area contributed by atoms with Crippen LogP contribution >= 0.6 is 23.4 Å². The summed E-state index contributed by atoms with van der Waals surface area (Å²) in [5.41, 5.74) is 1.23. The molecule has 0 fully saturated rings. The smallest absolute Gasteiger partial charge is 0.320 e. The zero-order valence-electron chi connectivity index (χ0n) is 14.8. The van der Waals surface area contributed by atoms with E-state index in [1.165, 1.54) is 17.8 Å². The molecule has 0 saturated heterocycles. The van der Waals surface area contributed by atoms with Gasteiger partial charge in [0.15, 0.2) is 5.82 Å². The van der Waals surface area contributed by atoms with Crippen molar-refractivity contribution >= 4 is 52.0 Å². The number of imidazole rings is 1. The molecule has 0 bridgehead atoms. The van der Waals surface area contributed by atoms with Gasteiger partial charge >= 0.3 is 12.5 Å². The summed E-state index contributed by atoms with van der Waals surface area (Å²) in [5, 5.41) is 2.50. The van der Waals surface area contributed by atoms with E-state index >= 15 is 0 Å². The van der Waals surface area contributed by atoms with Crippen molar-refractivity contribution in [3.8, 4) is 0 Å². The van der Waals surface area contributed by atoms with Crippen molar-refractivity contribution in [2.45, 2.75) is 29.7 Å². The number of para-hydroxylation sites is 2. The average molecular weight is 438 g/mol. The summed E-state index contributed by atoms with van der Waals surface area (Å²) in [7, 11) is 0. The number of halogens is 3. The van der Waals surface area contributed by atoms with Crippen LogP contribution in [0.1, 0.15) is 18.8 Å². The zero-order valence-corrected chi connectivity index (χ0v) is 16.3. The first kappa shape index (κ1) is 19.7. The Morgan fingerprint density at radius 1 is 1.31 bits per heavy atom. The molecule has 0 aliphatic carbocycles. The van der Waals surface area contributed by atoms with Crippen LogP contribution in [0.5, 0.6) is 0 Å². The zero-order chi connectivity index (χ0) is 20.5. The Kier molecular flexibility index (Phi) is 5.42. The monoisotopic (exact) mass is 437 g/mol. The van der Waals surface area contributed by atoms with E-state index in [0.29, 0.717) is 16.2 Å². The van der Waals surface area contributed by atoms with Gasteiger partial charge in [-0.1, -0.05) is 23.7 Å². The third kappa shape index (κ3) is 4.06. The van der Waals surface area contributed by atoms with Gasteiger partial charge in [-0.05, 0) is 30.3 Å². The molecule has 29 heavy (non-hydrogen) atoms. The number of carbonyl (C=O) groups is 2. The van der Waals surface area contributed by atoms with Gasteiger partial charge in [0, 0.05) is 9.92 Å². The van der Waals surface area contributed by atoms with Gasteiger partial charge < -0.3 is 10.1 Å². The van der Waals surface area contributed by atoms with Crippen LogP contribution < -0.4 is 5.32 Å². The number of thioether (sulfide) groups is 1. The van der Waals surface area contributed by atoms with Crippen LogP contribution in [0.25, 0.3) is 11.0 Å². The lowest BCUT2D eigenvalue weighted by Gasteiger charge is -2.23. The molecule has 0 spiro atoms. The molecule has 2 heterocycles. The SMILES string of the molecule is O=C(CC1Sc2ccc(Cl)cc2NC1=O)OCc1nc2ccccc2n1C(F)F. The molecular weight excluding hydrogens is 424 g/mol. The number of fused-ring (bicyclic) bond motifs is 2. The van der Waals surface area contributed by atoms with Crippen LogP contribution in [0.4, 0.5) is 14.5 Å². The van der Waals surface area contributed by atoms with E-state index in [1.54, 1.807) is 36.4 Å². The van der Waals surface area contributed by atoms with E-state index < -0.39 is 24.4 Å². The van der Waals surface area contributed by atoms with Crippen molar-refractivity contribution in [2.75, 3.05) is 5.32 Å². The van der Waals surface area contributed by atoms with Gasteiger partial charge in [-0.3, -0.25) is 14.2 Å². The minimum Gasteiger partial charge on any atom is -0.457 e. The predicted molar refractivity (Wildman–Crippen MR) is 105 cm³/mol. The lowest BCUT2D eigenvalue weighted by Crippen LogP contribution is -2.31. The standard InChI is InChI=1S/C19H14ClF2N3O3S/c20-10-5-6-14-12(7-10)24-18(27)15(29-14)8-17(26)28-9-16-23-11-3-1-2-4-13(11)25(16)19(21)22/h1-7,15,19H,8-9H2,(H,24,27). The quantitative estimate of drug-likeness (QED) is 0.589. The number of ether oxygens (including phenoxy) is 1. The Labute approximate surface area is 173 Å². The summed E-state index contributed by atoms with van der Waals surface area (Å²) in [6, 6.07) is 11.5. The second-order valence-electron chi connectivity index (χ2n) is 6.27. The largest absolute Gasteiger partial charge is 0.457 e. The molecule has 2 aromatic carbocycles. The van der Waals surface area contributed by atoms with E-state index in [-0.39, 0.29) is 23.7 Å². The molecule has 4 rings (SSSR count). The Bertz CT molecular complexity index is 1110. The van der Waals surface area contributed by atoms with Crippen molar-refractivity contribution in [3.05, 3.63) is 53.3 Å². The summed E-state index contributed by atoms with van der Waals surface area (Å²) in [6.45, 7) is -3.23. The maximum absolute atomic E-state index is 13.4. The first-order chi connectivity index (χ1) is 13.9. The summed E-state index contributed by atoms with van der Waals surface area (Å²) in [5.74, 6) is -1.08. The number of nitrogens with one attached hydrogen (secondary N) is 1. The maximum atomic E-state index is 13.4. The predicted octanol–water partition coefficient (Wildman–Crippen LogP) is 4.63. The van der Waals surface area contributed by atoms with Crippen molar-refractivity contribution in [1.82, 2.24) is 9.55 Å². The summed E-state index contributed by atoms with van der Waals surface area (Å²) in [4.78, 5) is 29.4. The molecule has 6 nitrogen and oxygen atoms in total. The normalized spacial score (nSPS) is 16.0. The fraction of sp³-hybridized carbons (Fsp3) is 0.211. The number of aromatic nitrogens is 2. The minimum absolute atomic E-state index is 0.0599. The van der Waals surface area contributed by atoms with Gasteiger partial charge in [0.05, 0.1) is 28.4 Å². The number of anilines is 1. The Balaban J connectivity index is 1.43. The highest BCUT2D eigenvalue weighted by Crippen LogP contribution is 2.38. The van der Waals surface area contributed by atoms with Gasteiger partial charge in [0.2, 0.25) is 5.91 Å². The number of benzene rings is 2. The minimum atomic E-state index is -2.82. The van der Waals surface area contributed by atoms with Crippen LogP contribution in [-0.2, 0) is 20.9 Å². The van der Waals surface area contributed by atoms with Gasteiger partial charge in [0.1, 0.15) is 6.61 Å². The number of hydrogen-bond donors (Lipinski definition) is 1. The first-order valence-electron chi connectivity index (χ1n) is 8.59. The lowest BCUT2D eigenvalue weighted by molar-refractivity contribution is -0.146. The highest BCUT2D eigenvalue weighted by atomic mass is 35.5. The second kappa shape index (κ2) is 8.00. The van der Waals surface area contributed by atoms with E-state index in [0.717, 1.165) is 9.46 Å². The number of carbonyl (C=O) groups excluding carboxylic acids is 2. The number of hydrogen-bond acceptors (Lipinski definition) is 5. The van der Waals surface area contributed by atoms with E-state index in [9.17, 15) is 18.4 Å². The second-order valence-corrected chi connectivity index (χ2v) is 7.95. The van der Waals surface area contributed by atoms with Crippen molar-refractivity contribution < 1.29 is 23.1 Å². The van der Waals surface area contributed by atoms with Crippen LogP contribution in [0.3, 0.4) is 0 Å². The molecule has 150 valence electrons. The number of rotatable bonds is 5. The molecule has 1 amide bonds. The Morgan fingerprint density at radius 2 is 2.10 bits per heavy atom. The average Bonchev–Trinajstić information content (AvgIpc) is 3.06. The van der Waals surface area contributed by atoms with Gasteiger partial charge in [-0.25, -0.2) is 4.98 Å². The topological polar surface area (TPSA) is 73.2 Å². The van der Waals surface area contributed by atoms with Gasteiger partial charge in [0.25, 0.3) is 0 Å². The first-order valence-corrected chi connectivity index (χ1v) is 9.85. The van der Waals surface area contributed by atoms with Crippen molar-refractivity contribution in [3.63, 3.8) is 0 Å². The third-order valence-electron chi connectivity index (χ3n) is 4.34. The van der Waals surface area contributed by atoms with Gasteiger partial charge in [-0.15, -0.1) is 11.8 Å².